The number of H-pyrrole nitrogens is 1. The van der Waals surface area contributed by atoms with Crippen molar-refractivity contribution in [2.75, 3.05) is 38.2 Å². The normalized spacial score (nSPS) is 23.3. The zero-order valence-corrected chi connectivity index (χ0v) is 20.7. The van der Waals surface area contributed by atoms with Crippen LogP contribution in [0.25, 0.3) is 10.9 Å². The fraction of sp³-hybridized carbons (Fsp3) is 0.519. The van der Waals surface area contributed by atoms with Gasteiger partial charge in [0.2, 0.25) is 0 Å². The van der Waals surface area contributed by atoms with Gasteiger partial charge in [-0.25, -0.2) is 0 Å². The minimum atomic E-state index is -4.31. The Morgan fingerprint density at radius 1 is 1.19 bits per heavy atom. The number of nitrogens with one attached hydrogen (secondary N) is 2. The van der Waals surface area contributed by atoms with Gasteiger partial charge in [0.05, 0.1) is 36.8 Å². The maximum atomic E-state index is 13.6. The Morgan fingerprint density at radius 2 is 2.03 bits per heavy atom. The van der Waals surface area contributed by atoms with Crippen LogP contribution in [0.5, 0.6) is 0 Å². The van der Waals surface area contributed by atoms with E-state index >= 15 is 0 Å². The molecule has 194 valence electrons. The molecular formula is C27H33F4N5. The van der Waals surface area contributed by atoms with Crippen LogP contribution in [0.3, 0.4) is 0 Å². The summed E-state index contributed by atoms with van der Waals surface area (Å²) >= 11 is 0. The Kier molecular flexibility index (Phi) is 6.96. The van der Waals surface area contributed by atoms with Crippen LogP contribution in [0.4, 0.5) is 23.2 Å². The van der Waals surface area contributed by atoms with E-state index < -0.39 is 18.8 Å². The summed E-state index contributed by atoms with van der Waals surface area (Å²) in [4.78, 5) is 11.8. The first-order valence-electron chi connectivity index (χ1n) is 12.7. The molecule has 2 aliphatic rings. The molecule has 36 heavy (non-hydrogen) atoms. The minimum absolute atomic E-state index is 0.247. The van der Waals surface area contributed by atoms with E-state index in [9.17, 15) is 17.6 Å². The summed E-state index contributed by atoms with van der Waals surface area (Å²) in [7, 11) is 0. The highest BCUT2D eigenvalue weighted by Crippen LogP contribution is 2.41. The lowest BCUT2D eigenvalue weighted by molar-refractivity contribution is -0.155. The molecule has 5 nitrogen and oxygen atoms in total. The molecule has 9 heteroatoms. The van der Waals surface area contributed by atoms with E-state index in [-0.39, 0.29) is 18.8 Å². The van der Waals surface area contributed by atoms with E-state index in [0.717, 1.165) is 59.5 Å². The van der Waals surface area contributed by atoms with E-state index in [0.29, 0.717) is 18.5 Å². The van der Waals surface area contributed by atoms with Crippen molar-refractivity contribution in [3.63, 3.8) is 0 Å². The molecule has 5 rings (SSSR count). The van der Waals surface area contributed by atoms with Gasteiger partial charge in [-0.3, -0.25) is 14.3 Å². The number of benzene rings is 1. The summed E-state index contributed by atoms with van der Waals surface area (Å²) in [5.41, 5.74) is 5.37. The van der Waals surface area contributed by atoms with E-state index in [1.54, 1.807) is 6.20 Å². The average molecular weight is 504 g/mol. The molecule has 0 aliphatic carbocycles. The van der Waals surface area contributed by atoms with Crippen LogP contribution < -0.4 is 5.32 Å². The monoisotopic (exact) mass is 503 g/mol. The number of hydrogen-bond donors (Lipinski definition) is 2. The molecule has 3 aromatic rings. The maximum absolute atomic E-state index is 13.6. The number of halogens is 4. The summed E-state index contributed by atoms with van der Waals surface area (Å²) in [5.74, 6) is 0. The number of hydrogen-bond acceptors (Lipinski definition) is 4. The van der Waals surface area contributed by atoms with Gasteiger partial charge in [0.1, 0.15) is 0 Å². The third kappa shape index (κ3) is 5.22. The molecule has 1 aromatic carbocycles. The maximum Gasteiger partial charge on any atom is 0.401 e. The van der Waals surface area contributed by atoms with Gasteiger partial charge in [-0.1, -0.05) is 11.6 Å². The lowest BCUT2D eigenvalue weighted by Crippen LogP contribution is -2.47. The number of aryl methyl sites for hydroxylation is 1. The highest BCUT2D eigenvalue weighted by atomic mass is 19.4. The second kappa shape index (κ2) is 10.0. The number of aromatic amines is 1. The van der Waals surface area contributed by atoms with Gasteiger partial charge in [-0.15, -0.1) is 0 Å². The number of rotatable bonds is 7. The molecule has 2 aliphatic heterocycles. The molecule has 1 saturated heterocycles. The van der Waals surface area contributed by atoms with Crippen LogP contribution in [0.2, 0.25) is 0 Å². The standard InChI is InChI=1S/C27H33F4N5/c1-17-4-6-23-21(12-17)22-13-18(2)36(16-27(29,30)31)26(25(22)34-23)24-7-5-19(14-32-24)33-20-8-11-35(15-20)10-3-9-28/h4-7,12,14,18,20,26,33-34H,3,8-11,13,15-16H2,1-2H3/t18-,20+,26-/m1/s1. The average Bonchev–Trinajstić information content (AvgIpc) is 3.42. The second-order valence-electron chi connectivity index (χ2n) is 10.3. The molecule has 0 unspecified atom stereocenters. The van der Waals surface area contributed by atoms with Gasteiger partial charge in [-0.05, 0) is 62.9 Å². The SMILES string of the molecule is Cc1ccc2[nH]c3c(c2c1)C[C@@H](C)N(CC(F)(F)F)[C@@H]3c1ccc(N[C@H]2CCN(CCCF)C2)cn1. The largest absolute Gasteiger partial charge is 0.401 e. The lowest BCUT2D eigenvalue weighted by atomic mass is 9.90. The highest BCUT2D eigenvalue weighted by Gasteiger charge is 2.42. The second-order valence-corrected chi connectivity index (χ2v) is 10.3. The number of aromatic nitrogens is 2. The predicted molar refractivity (Wildman–Crippen MR) is 134 cm³/mol. The number of anilines is 1. The van der Waals surface area contributed by atoms with Crippen molar-refractivity contribution in [1.29, 1.82) is 0 Å². The van der Waals surface area contributed by atoms with Crippen molar-refractivity contribution in [3.8, 4) is 0 Å². The first-order valence-corrected chi connectivity index (χ1v) is 12.7. The van der Waals surface area contributed by atoms with Crippen molar-refractivity contribution in [3.05, 3.63) is 59.0 Å². The van der Waals surface area contributed by atoms with E-state index in [4.69, 9.17) is 0 Å². The Labute approximate surface area is 208 Å². The smallest absolute Gasteiger partial charge is 0.380 e. The van der Waals surface area contributed by atoms with Crippen LogP contribution in [0.1, 0.15) is 48.3 Å². The number of fused-ring (bicyclic) bond motifs is 3. The summed E-state index contributed by atoms with van der Waals surface area (Å²) < 4.78 is 53.4. The number of pyridine rings is 1. The quantitative estimate of drug-likeness (QED) is 0.411. The Hall–Kier alpha value is -2.65. The number of alkyl halides is 4. The van der Waals surface area contributed by atoms with Crippen LogP contribution in [0.15, 0.2) is 36.5 Å². The molecule has 2 N–H and O–H groups in total. The fourth-order valence-corrected chi connectivity index (χ4v) is 5.77. The molecule has 0 saturated carbocycles. The van der Waals surface area contributed by atoms with Crippen molar-refractivity contribution in [2.24, 2.45) is 0 Å². The third-order valence-corrected chi connectivity index (χ3v) is 7.44. The highest BCUT2D eigenvalue weighted by molar-refractivity contribution is 5.86. The summed E-state index contributed by atoms with van der Waals surface area (Å²) in [5, 5.41) is 4.56. The molecule has 0 bridgehead atoms. The van der Waals surface area contributed by atoms with Gasteiger partial charge in [0, 0.05) is 48.3 Å². The first kappa shape index (κ1) is 25.0. The van der Waals surface area contributed by atoms with Gasteiger partial charge in [-0.2, -0.15) is 13.2 Å². The molecule has 0 radical (unpaired) electrons. The zero-order valence-electron chi connectivity index (χ0n) is 20.7. The van der Waals surface area contributed by atoms with Crippen molar-refractivity contribution >= 4 is 16.6 Å². The number of likely N-dealkylation sites (tertiary alicyclic amines) is 1. The first-order chi connectivity index (χ1) is 17.2. The minimum Gasteiger partial charge on any atom is -0.380 e. The molecule has 3 atom stereocenters. The summed E-state index contributed by atoms with van der Waals surface area (Å²) in [6, 6.07) is 9.19. The Morgan fingerprint density at radius 3 is 2.75 bits per heavy atom. The Balaban J connectivity index is 1.43. The van der Waals surface area contributed by atoms with Gasteiger partial charge < -0.3 is 15.2 Å². The molecule has 1 fully saturated rings. The Bertz CT molecular complexity index is 1190. The molecule has 0 spiro atoms. The van der Waals surface area contributed by atoms with Gasteiger partial charge >= 0.3 is 6.18 Å². The third-order valence-electron chi connectivity index (χ3n) is 7.44. The van der Waals surface area contributed by atoms with Crippen molar-refractivity contribution in [2.45, 2.75) is 57.4 Å². The molecule has 2 aromatic heterocycles. The van der Waals surface area contributed by atoms with Crippen LogP contribution in [-0.4, -0.2) is 70.9 Å². The van der Waals surface area contributed by atoms with Crippen LogP contribution in [-0.2, 0) is 6.42 Å². The predicted octanol–water partition coefficient (Wildman–Crippen LogP) is 5.62. The van der Waals surface area contributed by atoms with Gasteiger partial charge in [0.25, 0.3) is 0 Å². The van der Waals surface area contributed by atoms with Crippen molar-refractivity contribution < 1.29 is 17.6 Å². The van der Waals surface area contributed by atoms with E-state index in [2.05, 4.69) is 26.3 Å². The topological polar surface area (TPSA) is 47.2 Å². The van der Waals surface area contributed by atoms with E-state index in [1.165, 1.54) is 4.90 Å². The fourth-order valence-electron chi connectivity index (χ4n) is 5.77. The molecule has 0 amide bonds. The molecular weight excluding hydrogens is 470 g/mol. The molecule has 4 heterocycles. The number of nitrogens with zero attached hydrogens (tertiary/aromatic N) is 3. The lowest BCUT2D eigenvalue weighted by Gasteiger charge is -2.40. The van der Waals surface area contributed by atoms with Gasteiger partial charge in [0.15, 0.2) is 0 Å². The van der Waals surface area contributed by atoms with Crippen LogP contribution >= 0.6 is 0 Å². The van der Waals surface area contributed by atoms with E-state index in [1.807, 2.05) is 38.1 Å². The summed E-state index contributed by atoms with van der Waals surface area (Å²) in [6.07, 6.45) is -0.537. The van der Waals surface area contributed by atoms with Crippen molar-refractivity contribution in [1.82, 2.24) is 19.8 Å². The van der Waals surface area contributed by atoms with Crippen LogP contribution in [0, 0.1) is 6.92 Å². The summed E-state index contributed by atoms with van der Waals surface area (Å²) in [6.45, 7) is 5.12. The zero-order chi connectivity index (χ0) is 25.4.